The Balaban J connectivity index is 1.33. The summed E-state index contributed by atoms with van der Waals surface area (Å²) in [5.74, 6) is 0. The number of rotatable bonds is 9. The fourth-order valence-electron chi connectivity index (χ4n) is 10.3. The van der Waals surface area contributed by atoms with Crippen LogP contribution in [0.5, 0.6) is 0 Å². The Bertz CT molecular complexity index is 3440. The van der Waals surface area contributed by atoms with Crippen molar-refractivity contribution in [3.05, 3.63) is 218 Å². The van der Waals surface area contributed by atoms with E-state index >= 15 is 0 Å². The topological polar surface area (TPSA) is 0 Å². The molecular formula is C64H54Si2. The van der Waals surface area contributed by atoms with E-state index < -0.39 is 16.1 Å². The summed E-state index contributed by atoms with van der Waals surface area (Å²) in [5, 5.41) is 10.8. The van der Waals surface area contributed by atoms with E-state index in [2.05, 4.69) is 258 Å². The zero-order chi connectivity index (χ0) is 45.2. The molecule has 0 heterocycles. The second-order valence-electron chi connectivity index (χ2n) is 20.0. The van der Waals surface area contributed by atoms with Crippen LogP contribution < -0.4 is 10.4 Å². The lowest BCUT2D eigenvalue weighted by molar-refractivity contribution is 1.58. The largest absolute Gasteiger partial charge is 0.0776 e. The van der Waals surface area contributed by atoms with Crippen molar-refractivity contribution in [1.29, 1.82) is 0 Å². The minimum atomic E-state index is -1.70. The molecule has 0 bridgehead atoms. The third-order valence-electron chi connectivity index (χ3n) is 13.8. The molecule has 11 aromatic carbocycles. The van der Waals surface area contributed by atoms with E-state index in [-0.39, 0.29) is 0 Å². The third kappa shape index (κ3) is 7.31. The van der Waals surface area contributed by atoms with Gasteiger partial charge in [-0.15, -0.1) is 0 Å². The van der Waals surface area contributed by atoms with E-state index in [1.165, 1.54) is 121 Å². The van der Waals surface area contributed by atoms with Gasteiger partial charge in [0.2, 0.25) is 0 Å². The number of hydrogen-bond donors (Lipinski definition) is 0. The fourth-order valence-corrected chi connectivity index (χ4v) is 12.8. The Morgan fingerprint density at radius 1 is 0.212 bits per heavy atom. The summed E-state index contributed by atoms with van der Waals surface area (Å²) in [7, 11) is -3.41. The Hall–Kier alpha value is -7.11. The summed E-state index contributed by atoms with van der Waals surface area (Å²) in [6, 6.07) is 82.2. The lowest BCUT2D eigenvalue weighted by Gasteiger charge is -2.26. The van der Waals surface area contributed by atoms with Crippen LogP contribution in [0, 0.1) is 0 Å². The second-order valence-corrected chi connectivity index (χ2v) is 30.2. The maximum absolute atomic E-state index is 2.57. The van der Waals surface area contributed by atoms with E-state index in [1.54, 1.807) is 0 Å². The van der Waals surface area contributed by atoms with Crippen molar-refractivity contribution in [2.45, 2.75) is 39.3 Å². The van der Waals surface area contributed by atoms with Gasteiger partial charge in [0.05, 0.1) is 16.1 Å². The first-order valence-electron chi connectivity index (χ1n) is 23.4. The number of hydrogen-bond acceptors (Lipinski definition) is 0. The van der Waals surface area contributed by atoms with Gasteiger partial charge in [-0.05, 0) is 122 Å². The van der Waals surface area contributed by atoms with Crippen molar-refractivity contribution >= 4 is 58.8 Å². The van der Waals surface area contributed by atoms with Crippen LogP contribution in [-0.4, -0.2) is 16.1 Å². The molecule has 0 saturated carbocycles. The molecule has 0 fully saturated rings. The molecule has 11 rings (SSSR count). The predicted octanol–water partition coefficient (Wildman–Crippen LogP) is 17.3. The van der Waals surface area contributed by atoms with E-state index in [4.69, 9.17) is 0 Å². The van der Waals surface area contributed by atoms with Gasteiger partial charge in [0.25, 0.3) is 0 Å². The van der Waals surface area contributed by atoms with Crippen molar-refractivity contribution in [2.75, 3.05) is 0 Å². The molecular weight excluding hydrogens is 825 g/mol. The first-order valence-corrected chi connectivity index (χ1v) is 30.4. The smallest absolute Gasteiger partial charge is 0.0656 e. The standard InChI is InChI=1S/C64H54Si2/c1-65(2,3)47-38-46(39-48(40-47)66(4,5)6)59-41-60(52-31-19-16-28-49(52)43-22-10-7-11-23-43)56-36-37-58-62(54-33-21-18-30-51(54)45-26-14-9-15-27-45)42-61(57-35-34-55(59)63(56)64(57)58)53-32-20-17-29-50(53)44-24-12-8-13-25-44/h7-42H,1-6H3. The van der Waals surface area contributed by atoms with Gasteiger partial charge in [-0.25, -0.2) is 0 Å². The van der Waals surface area contributed by atoms with Crippen LogP contribution in [-0.2, 0) is 0 Å². The van der Waals surface area contributed by atoms with Crippen LogP contribution in [0.3, 0.4) is 0 Å². The van der Waals surface area contributed by atoms with Crippen LogP contribution in [0.2, 0.25) is 39.3 Å². The Morgan fingerprint density at radius 3 is 0.803 bits per heavy atom. The molecule has 11 aromatic rings. The van der Waals surface area contributed by atoms with Crippen LogP contribution in [0.1, 0.15) is 0 Å². The van der Waals surface area contributed by atoms with Gasteiger partial charge in [-0.3, -0.25) is 0 Å². The summed E-state index contributed by atoms with van der Waals surface area (Å²) < 4.78 is 0. The first-order chi connectivity index (χ1) is 32.0. The Labute approximate surface area is 392 Å². The fraction of sp³-hybridized carbons (Fsp3) is 0.0938. The minimum Gasteiger partial charge on any atom is -0.0656 e. The maximum Gasteiger partial charge on any atom is 0.0776 e. The summed E-state index contributed by atoms with van der Waals surface area (Å²) >= 11 is 0. The van der Waals surface area contributed by atoms with Crippen molar-refractivity contribution in [1.82, 2.24) is 0 Å². The Morgan fingerprint density at radius 2 is 0.485 bits per heavy atom. The average Bonchev–Trinajstić information content (AvgIpc) is 3.35. The van der Waals surface area contributed by atoms with Crippen LogP contribution in [0.15, 0.2) is 218 Å². The van der Waals surface area contributed by atoms with E-state index in [9.17, 15) is 0 Å². The van der Waals surface area contributed by atoms with Gasteiger partial charge in [-0.2, -0.15) is 0 Å². The Kier molecular flexibility index (Phi) is 10.3. The molecule has 0 unspecified atom stereocenters. The highest BCUT2D eigenvalue weighted by molar-refractivity contribution is 6.91. The second kappa shape index (κ2) is 16.4. The molecule has 2 heteroatoms. The maximum atomic E-state index is 2.57. The minimum absolute atomic E-state index is 1.22. The summed E-state index contributed by atoms with van der Waals surface area (Å²) in [5.41, 5.74) is 17.5. The lowest BCUT2D eigenvalue weighted by atomic mass is 9.80. The molecule has 0 spiro atoms. The molecule has 0 aromatic heterocycles. The molecule has 0 atom stereocenters. The molecule has 0 amide bonds. The van der Waals surface area contributed by atoms with Gasteiger partial charge < -0.3 is 0 Å². The van der Waals surface area contributed by atoms with Gasteiger partial charge in [-0.1, -0.05) is 256 Å². The third-order valence-corrected chi connectivity index (χ3v) is 17.8. The highest BCUT2D eigenvalue weighted by Gasteiger charge is 2.27. The molecule has 0 N–H and O–H groups in total. The van der Waals surface area contributed by atoms with Gasteiger partial charge in [0.15, 0.2) is 0 Å². The first kappa shape index (κ1) is 41.6. The van der Waals surface area contributed by atoms with E-state index in [1.807, 2.05) is 0 Å². The number of benzene rings is 11. The predicted molar refractivity (Wildman–Crippen MR) is 294 cm³/mol. The molecule has 0 aliphatic heterocycles. The van der Waals surface area contributed by atoms with E-state index in [0.717, 1.165) is 0 Å². The highest BCUT2D eigenvalue weighted by Crippen LogP contribution is 2.51. The molecule has 0 radical (unpaired) electrons. The summed E-state index contributed by atoms with van der Waals surface area (Å²) in [6.45, 7) is 15.0. The zero-order valence-corrected chi connectivity index (χ0v) is 40.8. The lowest BCUT2D eigenvalue weighted by Crippen LogP contribution is -2.45. The molecule has 0 aliphatic carbocycles. The quantitative estimate of drug-likeness (QED) is 0.100. The van der Waals surface area contributed by atoms with Crippen LogP contribution >= 0.6 is 0 Å². The van der Waals surface area contributed by atoms with Crippen molar-refractivity contribution < 1.29 is 0 Å². The highest BCUT2D eigenvalue weighted by atomic mass is 28.3. The monoisotopic (exact) mass is 878 g/mol. The van der Waals surface area contributed by atoms with Gasteiger partial charge in [0.1, 0.15) is 0 Å². The SMILES string of the molecule is C[Si](C)(C)c1cc(-c2cc(-c3ccccc3-c3ccccc3)c3ccc4c(-c5ccccc5-c5ccccc5)cc(-c5ccccc5-c5ccccc5)c5ccc2c3c54)cc([Si](C)(C)C)c1. The molecule has 66 heavy (non-hydrogen) atoms. The summed E-state index contributed by atoms with van der Waals surface area (Å²) in [4.78, 5) is 0. The normalized spacial score (nSPS) is 12.1. The van der Waals surface area contributed by atoms with E-state index in [0.29, 0.717) is 0 Å². The van der Waals surface area contributed by atoms with Crippen LogP contribution in [0.4, 0.5) is 0 Å². The molecule has 318 valence electrons. The molecule has 0 nitrogen and oxygen atoms in total. The van der Waals surface area contributed by atoms with Gasteiger partial charge in [0, 0.05) is 0 Å². The van der Waals surface area contributed by atoms with Crippen molar-refractivity contribution in [2.24, 2.45) is 0 Å². The molecule has 0 aliphatic rings. The van der Waals surface area contributed by atoms with Crippen molar-refractivity contribution in [3.63, 3.8) is 0 Å². The van der Waals surface area contributed by atoms with Crippen molar-refractivity contribution in [3.8, 4) is 77.9 Å². The van der Waals surface area contributed by atoms with Gasteiger partial charge >= 0.3 is 0 Å². The van der Waals surface area contributed by atoms with Crippen LogP contribution in [0.25, 0.3) is 110 Å². The summed E-state index contributed by atoms with van der Waals surface area (Å²) in [6.07, 6.45) is 0. The zero-order valence-electron chi connectivity index (χ0n) is 38.8. The molecule has 0 saturated heterocycles. The average molecular weight is 879 g/mol.